The molecule has 2 rings (SSSR count). The lowest BCUT2D eigenvalue weighted by Crippen LogP contribution is -2.28. The third-order valence-corrected chi connectivity index (χ3v) is 2.91. The van der Waals surface area contributed by atoms with Gasteiger partial charge in [-0.3, -0.25) is 16.3 Å². The Kier molecular flexibility index (Phi) is 4.01. The van der Waals surface area contributed by atoms with Crippen LogP contribution in [0.2, 0.25) is 0 Å². The van der Waals surface area contributed by atoms with Crippen LogP contribution in [0.4, 0.5) is 4.39 Å². The van der Waals surface area contributed by atoms with Crippen molar-refractivity contribution in [2.75, 3.05) is 0 Å². The van der Waals surface area contributed by atoms with Gasteiger partial charge in [-0.05, 0) is 18.1 Å². The lowest BCUT2D eigenvalue weighted by atomic mass is 10.0. The molecule has 0 aliphatic carbocycles. The van der Waals surface area contributed by atoms with E-state index in [4.69, 9.17) is 5.84 Å². The minimum Gasteiger partial charge on any atom is -0.338 e. The van der Waals surface area contributed by atoms with Crippen LogP contribution in [0.3, 0.4) is 0 Å². The molecular weight excluding hydrogens is 233 g/mol. The molecule has 2 aromatic rings. The van der Waals surface area contributed by atoms with Crippen LogP contribution in [0, 0.1) is 5.82 Å². The normalized spacial score (nSPS) is 12.6. The van der Waals surface area contributed by atoms with E-state index in [0.717, 1.165) is 24.2 Å². The summed E-state index contributed by atoms with van der Waals surface area (Å²) < 4.78 is 15.0. The maximum atomic E-state index is 13.1. The Morgan fingerprint density at radius 1 is 1.50 bits per heavy atom. The van der Waals surface area contributed by atoms with Gasteiger partial charge in [0.05, 0.1) is 6.20 Å². The molecule has 0 spiro atoms. The van der Waals surface area contributed by atoms with Gasteiger partial charge in [0.1, 0.15) is 11.6 Å². The van der Waals surface area contributed by atoms with Crippen LogP contribution in [0.25, 0.3) is 0 Å². The number of pyridine rings is 1. The number of nitrogens with two attached hydrogens (primary N) is 1. The molecule has 0 bridgehead atoms. The molecule has 0 aliphatic rings. The zero-order chi connectivity index (χ0) is 13.0. The van der Waals surface area contributed by atoms with Crippen LogP contribution in [-0.2, 0) is 13.5 Å². The molecule has 0 amide bonds. The fourth-order valence-electron chi connectivity index (χ4n) is 1.88. The Labute approximate surface area is 105 Å². The van der Waals surface area contributed by atoms with Gasteiger partial charge >= 0.3 is 0 Å². The standard InChI is InChI=1S/C12H16FN5/c1-18-5-4-16-12(18)3-2-11(17-14)9-6-10(13)8-15-7-9/h4-8,11,17H,2-3,14H2,1H3. The van der Waals surface area contributed by atoms with Crippen LogP contribution in [0.1, 0.15) is 23.9 Å². The first-order valence-corrected chi connectivity index (χ1v) is 5.73. The molecule has 0 saturated heterocycles. The summed E-state index contributed by atoms with van der Waals surface area (Å²) >= 11 is 0. The van der Waals surface area contributed by atoms with Gasteiger partial charge in [-0.25, -0.2) is 9.37 Å². The molecule has 1 unspecified atom stereocenters. The molecule has 2 heterocycles. The highest BCUT2D eigenvalue weighted by Gasteiger charge is 2.12. The van der Waals surface area contributed by atoms with Crippen molar-refractivity contribution in [2.24, 2.45) is 12.9 Å². The van der Waals surface area contributed by atoms with E-state index in [2.05, 4.69) is 15.4 Å². The zero-order valence-corrected chi connectivity index (χ0v) is 10.2. The monoisotopic (exact) mass is 249 g/mol. The summed E-state index contributed by atoms with van der Waals surface area (Å²) in [7, 11) is 1.94. The van der Waals surface area contributed by atoms with Gasteiger partial charge in [-0.2, -0.15) is 0 Å². The van der Waals surface area contributed by atoms with Crippen molar-refractivity contribution in [1.29, 1.82) is 0 Å². The van der Waals surface area contributed by atoms with E-state index in [9.17, 15) is 4.39 Å². The number of nitrogens with zero attached hydrogens (tertiary/aromatic N) is 3. The maximum Gasteiger partial charge on any atom is 0.141 e. The lowest BCUT2D eigenvalue weighted by Gasteiger charge is -2.15. The highest BCUT2D eigenvalue weighted by molar-refractivity contribution is 5.15. The first-order valence-electron chi connectivity index (χ1n) is 5.73. The highest BCUT2D eigenvalue weighted by Crippen LogP contribution is 2.17. The van der Waals surface area contributed by atoms with Crippen molar-refractivity contribution in [3.8, 4) is 0 Å². The Morgan fingerprint density at radius 2 is 2.33 bits per heavy atom. The molecule has 0 saturated carbocycles. The largest absolute Gasteiger partial charge is 0.338 e. The van der Waals surface area contributed by atoms with Gasteiger partial charge < -0.3 is 4.57 Å². The Bertz CT molecular complexity index is 511. The van der Waals surface area contributed by atoms with Gasteiger partial charge in [0, 0.05) is 38.1 Å². The van der Waals surface area contributed by atoms with Crippen molar-refractivity contribution in [3.63, 3.8) is 0 Å². The second-order valence-electron chi connectivity index (χ2n) is 4.15. The van der Waals surface area contributed by atoms with Crippen LogP contribution >= 0.6 is 0 Å². The third-order valence-electron chi connectivity index (χ3n) is 2.91. The van der Waals surface area contributed by atoms with Crippen molar-refractivity contribution >= 4 is 0 Å². The molecule has 0 aliphatic heterocycles. The average molecular weight is 249 g/mol. The second-order valence-corrected chi connectivity index (χ2v) is 4.15. The van der Waals surface area contributed by atoms with Crippen molar-refractivity contribution in [2.45, 2.75) is 18.9 Å². The number of hydrazine groups is 1. The van der Waals surface area contributed by atoms with Crippen LogP contribution in [0.15, 0.2) is 30.9 Å². The molecule has 3 N–H and O–H groups in total. The second kappa shape index (κ2) is 5.70. The van der Waals surface area contributed by atoms with E-state index >= 15 is 0 Å². The number of halogens is 1. The minimum absolute atomic E-state index is 0.134. The quantitative estimate of drug-likeness (QED) is 0.615. The molecule has 6 heteroatoms. The van der Waals surface area contributed by atoms with Gasteiger partial charge in [0.2, 0.25) is 0 Å². The fourth-order valence-corrected chi connectivity index (χ4v) is 1.88. The van der Waals surface area contributed by atoms with Crippen LogP contribution < -0.4 is 11.3 Å². The summed E-state index contributed by atoms with van der Waals surface area (Å²) in [6.45, 7) is 0. The third kappa shape index (κ3) is 2.91. The first kappa shape index (κ1) is 12.7. The van der Waals surface area contributed by atoms with Gasteiger partial charge in [-0.15, -0.1) is 0 Å². The molecule has 0 aromatic carbocycles. The molecule has 0 radical (unpaired) electrons. The summed E-state index contributed by atoms with van der Waals surface area (Å²) in [5, 5.41) is 0. The number of aromatic nitrogens is 3. The molecule has 5 nitrogen and oxygen atoms in total. The number of rotatable bonds is 5. The Hall–Kier alpha value is -1.79. The van der Waals surface area contributed by atoms with Gasteiger partial charge in [0.25, 0.3) is 0 Å². The van der Waals surface area contributed by atoms with E-state index in [-0.39, 0.29) is 11.9 Å². The highest BCUT2D eigenvalue weighted by atomic mass is 19.1. The predicted molar refractivity (Wildman–Crippen MR) is 65.8 cm³/mol. The van der Waals surface area contributed by atoms with Crippen LogP contribution in [-0.4, -0.2) is 14.5 Å². The van der Waals surface area contributed by atoms with Crippen molar-refractivity contribution in [1.82, 2.24) is 20.0 Å². The number of imidazole rings is 1. The Balaban J connectivity index is 2.04. The first-order chi connectivity index (χ1) is 8.70. The smallest absolute Gasteiger partial charge is 0.141 e. The summed E-state index contributed by atoms with van der Waals surface area (Å²) in [6, 6.07) is 1.31. The number of hydrogen-bond donors (Lipinski definition) is 2. The van der Waals surface area contributed by atoms with Crippen molar-refractivity contribution in [3.05, 3.63) is 48.1 Å². The molecule has 0 fully saturated rings. The number of nitrogens with one attached hydrogen (secondary N) is 1. The summed E-state index contributed by atoms with van der Waals surface area (Å²) in [5.74, 6) is 6.12. The molecular formula is C12H16FN5. The van der Waals surface area contributed by atoms with Crippen LogP contribution in [0.5, 0.6) is 0 Å². The average Bonchev–Trinajstić information content (AvgIpc) is 2.76. The molecule has 96 valence electrons. The summed E-state index contributed by atoms with van der Waals surface area (Å²) in [4.78, 5) is 8.06. The SMILES string of the molecule is Cn1ccnc1CCC(NN)c1cncc(F)c1. The molecule has 2 aromatic heterocycles. The zero-order valence-electron chi connectivity index (χ0n) is 10.2. The van der Waals surface area contributed by atoms with E-state index in [1.165, 1.54) is 12.3 Å². The molecule has 1 atom stereocenters. The Morgan fingerprint density at radius 3 is 2.94 bits per heavy atom. The number of hydrogen-bond acceptors (Lipinski definition) is 4. The predicted octanol–water partition coefficient (Wildman–Crippen LogP) is 1.09. The molecule has 18 heavy (non-hydrogen) atoms. The van der Waals surface area contributed by atoms with E-state index in [1.54, 1.807) is 12.4 Å². The van der Waals surface area contributed by atoms with E-state index in [0.29, 0.717) is 0 Å². The van der Waals surface area contributed by atoms with E-state index in [1.807, 2.05) is 17.8 Å². The van der Waals surface area contributed by atoms with Gasteiger partial charge in [0.15, 0.2) is 0 Å². The van der Waals surface area contributed by atoms with Crippen molar-refractivity contribution < 1.29 is 4.39 Å². The minimum atomic E-state index is -0.357. The van der Waals surface area contributed by atoms with Gasteiger partial charge in [-0.1, -0.05) is 0 Å². The number of aryl methyl sites for hydroxylation is 2. The fraction of sp³-hybridized carbons (Fsp3) is 0.333. The summed E-state index contributed by atoms with van der Waals surface area (Å²) in [6.07, 6.45) is 7.93. The maximum absolute atomic E-state index is 13.1. The lowest BCUT2D eigenvalue weighted by molar-refractivity contribution is 0.500. The van der Waals surface area contributed by atoms with E-state index < -0.39 is 0 Å². The summed E-state index contributed by atoms with van der Waals surface area (Å²) in [5.41, 5.74) is 3.43. The topological polar surface area (TPSA) is 68.8 Å².